The first-order valence-corrected chi connectivity index (χ1v) is 9.16. The third-order valence-corrected chi connectivity index (χ3v) is 4.82. The third-order valence-electron chi connectivity index (χ3n) is 4.82. The van der Waals surface area contributed by atoms with Crippen LogP contribution in [0.1, 0.15) is 11.8 Å². The highest BCUT2D eigenvalue weighted by molar-refractivity contribution is 5.81. The summed E-state index contributed by atoms with van der Waals surface area (Å²) < 4.78 is 7.01. The first kappa shape index (κ1) is 20.0. The highest BCUT2D eigenvalue weighted by Crippen LogP contribution is 2.32. The second-order valence-corrected chi connectivity index (χ2v) is 6.81. The Morgan fingerprint density at radius 3 is 2.73 bits per heavy atom. The zero-order chi connectivity index (χ0) is 21.3. The lowest BCUT2D eigenvalue weighted by atomic mass is 10.1. The number of rotatable bonds is 5. The molecule has 4 rings (SSSR count). The van der Waals surface area contributed by atoms with E-state index in [2.05, 4.69) is 25.6 Å². The van der Waals surface area contributed by atoms with Gasteiger partial charge < -0.3 is 36.4 Å². The SMILES string of the molecule is Nc1ncnc2c1ncn2[C@@H]1O[C@H](C(O)NC(=O)NCc2ccccc2)[C@@H](O)[C@H]1O. The molecule has 12 nitrogen and oxygen atoms in total. The van der Waals surface area contributed by atoms with E-state index < -0.39 is 36.8 Å². The number of imidazole rings is 1. The van der Waals surface area contributed by atoms with Gasteiger partial charge in [0.2, 0.25) is 0 Å². The Morgan fingerprint density at radius 1 is 1.20 bits per heavy atom. The number of benzene rings is 1. The smallest absolute Gasteiger partial charge is 0.317 e. The number of nitrogens with one attached hydrogen (secondary N) is 2. The molecule has 0 spiro atoms. The molecule has 0 saturated carbocycles. The van der Waals surface area contributed by atoms with Crippen LogP contribution in [-0.4, -0.2) is 65.4 Å². The molecule has 1 aliphatic rings. The predicted octanol–water partition coefficient (Wildman–Crippen LogP) is -1.15. The van der Waals surface area contributed by atoms with Gasteiger partial charge in [0, 0.05) is 6.54 Å². The normalized spacial score (nSPS) is 24.6. The van der Waals surface area contributed by atoms with E-state index >= 15 is 0 Å². The van der Waals surface area contributed by atoms with Crippen molar-refractivity contribution in [3.63, 3.8) is 0 Å². The summed E-state index contributed by atoms with van der Waals surface area (Å²) in [5, 5.41) is 36.0. The summed E-state index contributed by atoms with van der Waals surface area (Å²) in [6, 6.07) is 8.56. The van der Waals surface area contributed by atoms with Crippen molar-refractivity contribution in [3.8, 4) is 0 Å². The number of nitrogens with two attached hydrogens (primary N) is 1. The van der Waals surface area contributed by atoms with Crippen molar-refractivity contribution in [2.45, 2.75) is 37.3 Å². The summed E-state index contributed by atoms with van der Waals surface area (Å²) in [4.78, 5) is 24.1. The summed E-state index contributed by atoms with van der Waals surface area (Å²) in [6.07, 6.45) is -4.28. The number of anilines is 1. The molecule has 2 amide bonds. The van der Waals surface area contributed by atoms with Crippen molar-refractivity contribution in [3.05, 3.63) is 48.5 Å². The molecule has 30 heavy (non-hydrogen) atoms. The number of nitrogen functional groups attached to an aromatic ring is 1. The van der Waals surface area contributed by atoms with Gasteiger partial charge in [-0.1, -0.05) is 30.3 Å². The molecule has 2 aromatic heterocycles. The largest absolute Gasteiger partial charge is 0.387 e. The van der Waals surface area contributed by atoms with Gasteiger partial charge in [-0.2, -0.15) is 0 Å². The third kappa shape index (κ3) is 3.76. The number of aliphatic hydroxyl groups is 3. The second-order valence-electron chi connectivity index (χ2n) is 6.81. The van der Waals surface area contributed by atoms with Crippen LogP contribution in [-0.2, 0) is 11.3 Å². The quantitative estimate of drug-likeness (QED) is 0.280. The molecule has 1 aromatic carbocycles. The fraction of sp³-hybridized carbons (Fsp3) is 0.333. The summed E-state index contributed by atoms with van der Waals surface area (Å²) >= 11 is 0. The summed E-state index contributed by atoms with van der Waals surface area (Å²) in [7, 11) is 0. The molecule has 1 saturated heterocycles. The lowest BCUT2D eigenvalue weighted by Gasteiger charge is -2.22. The molecule has 3 heterocycles. The topological polar surface area (TPSA) is 181 Å². The number of nitrogens with zero attached hydrogens (tertiary/aromatic N) is 4. The maximum Gasteiger partial charge on any atom is 0.317 e. The van der Waals surface area contributed by atoms with Crippen molar-refractivity contribution in [2.75, 3.05) is 5.73 Å². The van der Waals surface area contributed by atoms with Crippen molar-refractivity contribution in [1.82, 2.24) is 30.2 Å². The molecule has 3 aromatic rings. The van der Waals surface area contributed by atoms with Crippen molar-refractivity contribution in [2.24, 2.45) is 0 Å². The van der Waals surface area contributed by atoms with Gasteiger partial charge in [0.15, 0.2) is 23.9 Å². The minimum absolute atomic E-state index is 0.153. The molecule has 158 valence electrons. The molecule has 1 fully saturated rings. The van der Waals surface area contributed by atoms with Crippen molar-refractivity contribution >= 4 is 23.0 Å². The predicted molar refractivity (Wildman–Crippen MR) is 103 cm³/mol. The molecular formula is C18H21N7O5. The first-order chi connectivity index (χ1) is 14.5. The van der Waals surface area contributed by atoms with Crippen LogP contribution in [0, 0.1) is 0 Å². The summed E-state index contributed by atoms with van der Waals surface area (Å²) in [5.41, 5.74) is 7.24. The summed E-state index contributed by atoms with van der Waals surface area (Å²) in [5.74, 6) is 0.153. The number of ether oxygens (including phenoxy) is 1. The molecule has 12 heteroatoms. The molecule has 0 aliphatic carbocycles. The molecule has 7 N–H and O–H groups in total. The maximum absolute atomic E-state index is 12.1. The van der Waals surface area contributed by atoms with Gasteiger partial charge in [0.05, 0.1) is 6.33 Å². The molecule has 5 atom stereocenters. The van der Waals surface area contributed by atoms with Gasteiger partial charge in [-0.3, -0.25) is 4.57 Å². The second kappa shape index (κ2) is 8.20. The first-order valence-electron chi connectivity index (χ1n) is 9.16. The monoisotopic (exact) mass is 415 g/mol. The molecule has 1 unspecified atom stereocenters. The Labute approximate surface area is 170 Å². The van der Waals surface area contributed by atoms with Crippen molar-refractivity contribution < 1.29 is 24.9 Å². The molecule has 0 bridgehead atoms. The van der Waals surface area contributed by atoms with Crippen LogP contribution < -0.4 is 16.4 Å². The van der Waals surface area contributed by atoms with E-state index in [1.165, 1.54) is 17.2 Å². The van der Waals surface area contributed by atoms with Crippen LogP contribution in [0.5, 0.6) is 0 Å². The van der Waals surface area contributed by atoms with Gasteiger partial charge in [0.1, 0.15) is 30.2 Å². The van der Waals surface area contributed by atoms with E-state index in [1.54, 1.807) is 0 Å². The Balaban J connectivity index is 1.42. The minimum Gasteiger partial charge on any atom is -0.387 e. The molecule has 0 radical (unpaired) electrons. The van der Waals surface area contributed by atoms with E-state index in [1.807, 2.05) is 30.3 Å². The van der Waals surface area contributed by atoms with Crippen LogP contribution in [0.25, 0.3) is 11.2 Å². The van der Waals surface area contributed by atoms with Crippen LogP contribution in [0.2, 0.25) is 0 Å². The number of urea groups is 1. The lowest BCUT2D eigenvalue weighted by molar-refractivity contribution is -0.0893. The van der Waals surface area contributed by atoms with E-state index in [0.29, 0.717) is 11.2 Å². The highest BCUT2D eigenvalue weighted by Gasteiger charge is 2.47. The van der Waals surface area contributed by atoms with Crippen LogP contribution in [0.15, 0.2) is 43.0 Å². The van der Waals surface area contributed by atoms with Gasteiger partial charge in [-0.05, 0) is 5.56 Å². The Kier molecular flexibility index (Phi) is 5.46. The number of hydrogen-bond donors (Lipinski definition) is 6. The van der Waals surface area contributed by atoms with Crippen LogP contribution in [0.3, 0.4) is 0 Å². The number of aromatic nitrogens is 4. The fourth-order valence-electron chi connectivity index (χ4n) is 3.28. The Morgan fingerprint density at radius 2 is 1.97 bits per heavy atom. The number of aliphatic hydroxyl groups excluding tert-OH is 3. The van der Waals surface area contributed by atoms with E-state index in [-0.39, 0.29) is 12.4 Å². The number of amides is 2. The van der Waals surface area contributed by atoms with E-state index in [9.17, 15) is 20.1 Å². The number of hydrogen-bond acceptors (Lipinski definition) is 9. The van der Waals surface area contributed by atoms with Crippen molar-refractivity contribution in [1.29, 1.82) is 0 Å². The molecular weight excluding hydrogens is 394 g/mol. The average molecular weight is 415 g/mol. The van der Waals surface area contributed by atoms with E-state index in [0.717, 1.165) is 5.56 Å². The average Bonchev–Trinajstić information content (AvgIpc) is 3.30. The fourth-order valence-corrected chi connectivity index (χ4v) is 3.28. The summed E-state index contributed by atoms with van der Waals surface area (Å²) in [6.45, 7) is 0.251. The van der Waals surface area contributed by atoms with Gasteiger partial charge in [0.25, 0.3) is 0 Å². The van der Waals surface area contributed by atoms with Gasteiger partial charge >= 0.3 is 6.03 Å². The van der Waals surface area contributed by atoms with Crippen LogP contribution in [0.4, 0.5) is 10.6 Å². The highest BCUT2D eigenvalue weighted by atomic mass is 16.6. The molecule has 1 aliphatic heterocycles. The van der Waals surface area contributed by atoms with Gasteiger partial charge in [-0.15, -0.1) is 0 Å². The number of fused-ring (bicyclic) bond motifs is 1. The maximum atomic E-state index is 12.1. The Bertz CT molecular complexity index is 1030. The van der Waals surface area contributed by atoms with Crippen LogP contribution >= 0.6 is 0 Å². The number of carbonyl (C=O) groups excluding carboxylic acids is 1. The Hall–Kier alpha value is -3.32. The zero-order valence-electron chi connectivity index (χ0n) is 15.7. The van der Waals surface area contributed by atoms with Gasteiger partial charge in [-0.25, -0.2) is 19.7 Å². The lowest BCUT2D eigenvalue weighted by Crippen LogP contribution is -2.51. The number of carbonyl (C=O) groups is 1. The minimum atomic E-state index is -1.58. The standard InChI is InChI=1S/C18H21N7O5/c19-14-10-15(22-7-21-14)25(8-23-10)17-12(27)11(26)13(30-17)16(28)24-18(29)20-6-9-4-2-1-3-5-9/h1-5,7-8,11-13,16-17,26-28H,6H2,(H2,19,21,22)(H2,20,24,29)/t11-,12+,13-,16?,17+/m0/s1. The van der Waals surface area contributed by atoms with E-state index in [4.69, 9.17) is 10.5 Å². The zero-order valence-corrected chi connectivity index (χ0v) is 15.7.